The van der Waals surface area contributed by atoms with Crippen LogP contribution in [-0.4, -0.2) is 15.5 Å². The highest BCUT2D eigenvalue weighted by molar-refractivity contribution is 7.17. The molecule has 0 unspecified atom stereocenters. The maximum atomic E-state index is 4.48. The Labute approximate surface area is 92.6 Å². The number of thiophene rings is 1. The van der Waals surface area contributed by atoms with Gasteiger partial charge in [-0.3, -0.25) is 0 Å². The molecule has 1 N–H and O–H groups in total. The van der Waals surface area contributed by atoms with Gasteiger partial charge >= 0.3 is 0 Å². The van der Waals surface area contributed by atoms with Crippen LogP contribution in [-0.2, 0) is 6.42 Å². The van der Waals surface area contributed by atoms with Crippen molar-refractivity contribution in [2.45, 2.75) is 32.7 Å². The van der Waals surface area contributed by atoms with Gasteiger partial charge in [0.05, 0.1) is 5.39 Å². The third kappa shape index (κ3) is 1.32. The summed E-state index contributed by atoms with van der Waals surface area (Å²) in [6, 6.07) is 0. The topological polar surface area (TPSA) is 37.8 Å². The van der Waals surface area contributed by atoms with Crippen LogP contribution in [0.25, 0.3) is 10.2 Å². The number of nitrogens with one attached hydrogen (secondary N) is 1. The Hall–Kier alpha value is -1.16. The molecule has 0 radical (unpaired) electrons. The molecule has 0 fully saturated rings. The van der Waals surface area contributed by atoms with E-state index < -0.39 is 0 Å². The lowest BCUT2D eigenvalue weighted by Gasteiger charge is -2.31. The van der Waals surface area contributed by atoms with Crippen molar-refractivity contribution in [3.05, 3.63) is 16.8 Å². The smallest absolute Gasteiger partial charge is 0.139 e. The number of hydrogen-bond acceptors (Lipinski definition) is 4. The number of hydrogen-bond donors (Lipinski definition) is 1. The van der Waals surface area contributed by atoms with Crippen LogP contribution < -0.4 is 5.32 Å². The predicted octanol–water partition coefficient (Wildman–Crippen LogP) is 2.75. The molecule has 1 aliphatic heterocycles. The largest absolute Gasteiger partial charge is 0.364 e. The Morgan fingerprint density at radius 1 is 1.40 bits per heavy atom. The van der Waals surface area contributed by atoms with Crippen molar-refractivity contribution in [3.8, 4) is 0 Å². The maximum absolute atomic E-state index is 4.48. The van der Waals surface area contributed by atoms with Crippen molar-refractivity contribution in [2.24, 2.45) is 0 Å². The standard InChI is InChI=1S/C11H13N3S/c1-6-12-9-8-7(4-11(2,3)14-9)5-15-10(8)13-6/h5H,4H2,1-3H3,(H,12,13,14). The molecule has 2 aromatic heterocycles. The van der Waals surface area contributed by atoms with Crippen LogP contribution in [0.5, 0.6) is 0 Å². The molecule has 3 nitrogen and oxygen atoms in total. The van der Waals surface area contributed by atoms with Gasteiger partial charge in [0.15, 0.2) is 0 Å². The zero-order valence-electron chi connectivity index (χ0n) is 9.09. The van der Waals surface area contributed by atoms with Crippen LogP contribution in [0.3, 0.4) is 0 Å². The first-order valence-corrected chi connectivity index (χ1v) is 5.96. The van der Waals surface area contributed by atoms with Crippen molar-refractivity contribution < 1.29 is 0 Å². The zero-order chi connectivity index (χ0) is 10.6. The third-order valence-corrected chi connectivity index (χ3v) is 3.63. The Kier molecular flexibility index (Phi) is 1.63. The molecule has 0 bridgehead atoms. The average molecular weight is 219 g/mol. The minimum absolute atomic E-state index is 0.0990. The minimum Gasteiger partial charge on any atom is -0.364 e. The normalized spacial score (nSPS) is 17.8. The molecule has 0 amide bonds. The quantitative estimate of drug-likeness (QED) is 0.740. The van der Waals surface area contributed by atoms with Crippen LogP contribution >= 0.6 is 11.3 Å². The summed E-state index contributed by atoms with van der Waals surface area (Å²) in [5.41, 5.74) is 1.48. The fraction of sp³-hybridized carbons (Fsp3) is 0.455. The van der Waals surface area contributed by atoms with Crippen molar-refractivity contribution in [2.75, 3.05) is 5.32 Å². The second-order valence-corrected chi connectivity index (χ2v) is 5.60. The van der Waals surface area contributed by atoms with Crippen molar-refractivity contribution in [1.29, 1.82) is 0 Å². The first kappa shape index (κ1) is 9.09. The van der Waals surface area contributed by atoms with E-state index in [-0.39, 0.29) is 5.54 Å². The van der Waals surface area contributed by atoms with Crippen molar-refractivity contribution in [3.63, 3.8) is 0 Å². The van der Waals surface area contributed by atoms with Crippen LogP contribution in [0.4, 0.5) is 5.82 Å². The van der Waals surface area contributed by atoms with E-state index in [1.54, 1.807) is 11.3 Å². The Balaban J connectivity index is 2.34. The summed E-state index contributed by atoms with van der Waals surface area (Å²) in [7, 11) is 0. The fourth-order valence-electron chi connectivity index (χ4n) is 2.17. The van der Waals surface area contributed by atoms with Gasteiger partial charge in [0.1, 0.15) is 16.5 Å². The Bertz CT molecular complexity index is 542. The highest BCUT2D eigenvalue weighted by Gasteiger charge is 2.28. The molecule has 3 rings (SSSR count). The van der Waals surface area contributed by atoms with Gasteiger partial charge in [-0.25, -0.2) is 9.97 Å². The van der Waals surface area contributed by atoms with E-state index in [2.05, 4.69) is 34.5 Å². The van der Waals surface area contributed by atoms with Crippen LogP contribution in [0, 0.1) is 6.92 Å². The van der Waals surface area contributed by atoms with Crippen LogP contribution in [0.15, 0.2) is 5.38 Å². The molecule has 3 heterocycles. The summed E-state index contributed by atoms with van der Waals surface area (Å²) in [4.78, 5) is 10.0. The Morgan fingerprint density at radius 2 is 2.20 bits per heavy atom. The highest BCUT2D eigenvalue weighted by Crippen LogP contribution is 2.37. The minimum atomic E-state index is 0.0990. The van der Waals surface area contributed by atoms with E-state index in [0.29, 0.717) is 0 Å². The van der Waals surface area contributed by atoms with Gasteiger partial charge in [-0.05, 0) is 38.1 Å². The summed E-state index contributed by atoms with van der Waals surface area (Å²) in [5, 5.41) is 6.92. The highest BCUT2D eigenvalue weighted by atomic mass is 32.1. The molecular weight excluding hydrogens is 206 g/mol. The second kappa shape index (κ2) is 2.70. The molecule has 0 spiro atoms. The molecule has 78 valence electrons. The number of nitrogens with zero attached hydrogens (tertiary/aromatic N) is 2. The maximum Gasteiger partial charge on any atom is 0.139 e. The molecule has 0 saturated heterocycles. The molecule has 4 heteroatoms. The first-order valence-electron chi connectivity index (χ1n) is 5.08. The Morgan fingerprint density at radius 3 is 3.00 bits per heavy atom. The SMILES string of the molecule is Cc1nc2c3c(csc3n1)CC(C)(C)N2. The van der Waals surface area contributed by atoms with E-state index in [1.165, 1.54) is 10.9 Å². The van der Waals surface area contributed by atoms with Crippen molar-refractivity contribution >= 4 is 27.4 Å². The summed E-state index contributed by atoms with van der Waals surface area (Å²) < 4.78 is 0. The summed E-state index contributed by atoms with van der Waals surface area (Å²) >= 11 is 1.72. The summed E-state index contributed by atoms with van der Waals surface area (Å²) in [5.74, 6) is 1.85. The van der Waals surface area contributed by atoms with Gasteiger partial charge in [-0.2, -0.15) is 0 Å². The van der Waals surface area contributed by atoms with Crippen LogP contribution in [0.2, 0.25) is 0 Å². The van der Waals surface area contributed by atoms with Crippen molar-refractivity contribution in [1.82, 2.24) is 9.97 Å². The average Bonchev–Trinajstić information content (AvgIpc) is 2.45. The fourth-order valence-corrected chi connectivity index (χ4v) is 3.15. The second-order valence-electron chi connectivity index (χ2n) is 4.75. The number of aromatic nitrogens is 2. The van der Waals surface area contributed by atoms with Crippen LogP contribution in [0.1, 0.15) is 25.2 Å². The van der Waals surface area contributed by atoms with E-state index in [4.69, 9.17) is 0 Å². The number of aryl methyl sites for hydroxylation is 1. The molecule has 0 atom stereocenters. The van der Waals surface area contributed by atoms with E-state index in [9.17, 15) is 0 Å². The molecule has 15 heavy (non-hydrogen) atoms. The molecule has 0 aliphatic carbocycles. The van der Waals surface area contributed by atoms with E-state index in [1.807, 2.05) is 6.92 Å². The predicted molar refractivity (Wildman–Crippen MR) is 63.6 cm³/mol. The summed E-state index contributed by atoms with van der Waals surface area (Å²) in [6.07, 6.45) is 1.05. The lowest BCUT2D eigenvalue weighted by atomic mass is 9.92. The van der Waals surface area contributed by atoms with E-state index >= 15 is 0 Å². The number of anilines is 1. The third-order valence-electron chi connectivity index (χ3n) is 2.71. The monoisotopic (exact) mass is 219 g/mol. The molecule has 0 saturated carbocycles. The van der Waals surface area contributed by atoms with Gasteiger partial charge in [0.2, 0.25) is 0 Å². The van der Waals surface area contributed by atoms with Gasteiger partial charge < -0.3 is 5.32 Å². The molecular formula is C11H13N3S. The van der Waals surface area contributed by atoms with Gasteiger partial charge in [0, 0.05) is 5.54 Å². The lowest BCUT2D eigenvalue weighted by molar-refractivity contribution is 0.557. The zero-order valence-corrected chi connectivity index (χ0v) is 9.90. The molecule has 1 aliphatic rings. The van der Waals surface area contributed by atoms with Gasteiger partial charge in [0.25, 0.3) is 0 Å². The summed E-state index contributed by atoms with van der Waals surface area (Å²) in [6.45, 7) is 6.35. The molecule has 2 aromatic rings. The number of rotatable bonds is 0. The molecule has 0 aromatic carbocycles. The van der Waals surface area contributed by atoms with Gasteiger partial charge in [-0.1, -0.05) is 0 Å². The van der Waals surface area contributed by atoms with Gasteiger partial charge in [-0.15, -0.1) is 11.3 Å². The lowest BCUT2D eigenvalue weighted by Crippen LogP contribution is -2.36. The first-order chi connectivity index (χ1) is 7.05. The van der Waals surface area contributed by atoms with E-state index in [0.717, 1.165) is 22.9 Å².